The average molecular weight is 369 g/mol. The Morgan fingerprint density at radius 3 is 2.58 bits per heavy atom. The fourth-order valence-electron chi connectivity index (χ4n) is 2.54. The highest BCUT2D eigenvalue weighted by atomic mass is 32.1. The molecule has 2 aromatic rings. The van der Waals surface area contributed by atoms with Gasteiger partial charge in [-0.15, -0.1) is 0 Å². The number of thiocarbonyl (C=S) groups is 1. The number of rotatable bonds is 7. The summed E-state index contributed by atoms with van der Waals surface area (Å²) >= 11 is 5.31. The molecule has 0 bridgehead atoms. The maximum atomic E-state index is 5.31. The van der Waals surface area contributed by atoms with Gasteiger partial charge in [0.25, 0.3) is 0 Å². The first-order chi connectivity index (χ1) is 12.5. The summed E-state index contributed by atoms with van der Waals surface area (Å²) < 4.78 is 0. The minimum absolute atomic E-state index is 0.478. The molecule has 26 heavy (non-hydrogen) atoms. The summed E-state index contributed by atoms with van der Waals surface area (Å²) in [5, 5.41) is 7.88. The molecule has 0 saturated carbocycles. The topological polar surface area (TPSA) is 39.7 Å². The molecule has 0 heterocycles. The maximum absolute atomic E-state index is 5.31. The van der Waals surface area contributed by atoms with Crippen molar-refractivity contribution in [2.75, 3.05) is 23.8 Å². The minimum Gasteiger partial charge on any atom is -0.375 e. The van der Waals surface area contributed by atoms with E-state index in [0.717, 1.165) is 17.8 Å². The van der Waals surface area contributed by atoms with Crippen LogP contribution in [0.4, 0.5) is 11.4 Å². The maximum Gasteiger partial charge on any atom is 0.191 e. The molecular weight excluding hydrogens is 340 g/mol. The van der Waals surface area contributed by atoms with Crippen molar-refractivity contribution >= 4 is 34.9 Å². The molecule has 0 radical (unpaired) electrons. The number of hydrogen-bond acceptors (Lipinski definition) is 3. The molecule has 2 rings (SSSR count). The van der Waals surface area contributed by atoms with Crippen molar-refractivity contribution in [3.05, 3.63) is 59.2 Å². The van der Waals surface area contributed by atoms with Crippen molar-refractivity contribution in [3.63, 3.8) is 0 Å². The van der Waals surface area contributed by atoms with Crippen LogP contribution in [0.3, 0.4) is 0 Å². The molecule has 0 aliphatic heterocycles. The first-order valence-electron chi connectivity index (χ1n) is 8.98. The van der Waals surface area contributed by atoms with Crippen LogP contribution < -0.4 is 15.6 Å². The first-order valence-corrected chi connectivity index (χ1v) is 9.39. The molecule has 0 amide bonds. The van der Waals surface area contributed by atoms with Crippen molar-refractivity contribution in [2.24, 2.45) is 5.10 Å². The molecular formula is C21H28N4S. The standard InChI is InChI=1S/C21H28N4S/c1-5-6-14-25(4)19-12-10-18(11-13-19)15-22-24-21(26)23-20-9-7-8-16(2)17(20)3/h7-13,15H,5-6,14H2,1-4H3,(H2,23,24,26)/b22-15-. The molecule has 0 aliphatic rings. The van der Waals surface area contributed by atoms with E-state index in [9.17, 15) is 0 Å². The molecule has 138 valence electrons. The van der Waals surface area contributed by atoms with Gasteiger partial charge in [0.05, 0.1) is 6.21 Å². The number of aryl methyl sites for hydroxylation is 1. The number of benzene rings is 2. The Morgan fingerprint density at radius 1 is 1.15 bits per heavy atom. The van der Waals surface area contributed by atoms with Gasteiger partial charge in [0.2, 0.25) is 0 Å². The van der Waals surface area contributed by atoms with Crippen LogP contribution in [0, 0.1) is 13.8 Å². The Kier molecular flexibility index (Phi) is 7.60. The van der Waals surface area contributed by atoms with Gasteiger partial charge in [-0.3, -0.25) is 5.43 Å². The zero-order chi connectivity index (χ0) is 18.9. The van der Waals surface area contributed by atoms with Gasteiger partial charge in [-0.2, -0.15) is 5.10 Å². The predicted octanol–water partition coefficient (Wildman–Crippen LogP) is 4.86. The summed E-state index contributed by atoms with van der Waals surface area (Å²) in [6.45, 7) is 7.44. The molecule has 0 saturated heterocycles. The summed E-state index contributed by atoms with van der Waals surface area (Å²) in [7, 11) is 2.12. The Morgan fingerprint density at radius 2 is 1.88 bits per heavy atom. The van der Waals surface area contributed by atoms with Gasteiger partial charge in [-0.05, 0) is 67.4 Å². The van der Waals surface area contributed by atoms with Crippen molar-refractivity contribution in [2.45, 2.75) is 33.6 Å². The molecule has 0 unspecified atom stereocenters. The van der Waals surface area contributed by atoms with Crippen LogP contribution >= 0.6 is 12.2 Å². The molecule has 0 aliphatic carbocycles. The van der Waals surface area contributed by atoms with E-state index in [1.54, 1.807) is 6.21 Å². The number of unbranched alkanes of at least 4 members (excludes halogenated alkanes) is 1. The predicted molar refractivity (Wildman–Crippen MR) is 117 cm³/mol. The molecule has 4 nitrogen and oxygen atoms in total. The fourth-order valence-corrected chi connectivity index (χ4v) is 2.70. The van der Waals surface area contributed by atoms with Crippen molar-refractivity contribution in [3.8, 4) is 0 Å². The lowest BCUT2D eigenvalue weighted by Gasteiger charge is -2.18. The zero-order valence-electron chi connectivity index (χ0n) is 16.0. The fraction of sp³-hybridized carbons (Fsp3) is 0.333. The van der Waals surface area contributed by atoms with Crippen molar-refractivity contribution < 1.29 is 0 Å². The first kappa shape index (κ1) is 19.9. The Hall–Kier alpha value is -2.40. The normalized spacial score (nSPS) is 10.8. The van der Waals surface area contributed by atoms with E-state index < -0.39 is 0 Å². The van der Waals surface area contributed by atoms with Crippen LogP contribution in [0.1, 0.15) is 36.5 Å². The molecule has 2 N–H and O–H groups in total. The van der Waals surface area contributed by atoms with Crippen LogP contribution in [-0.2, 0) is 0 Å². The second-order valence-electron chi connectivity index (χ2n) is 6.44. The van der Waals surface area contributed by atoms with E-state index in [1.807, 2.05) is 12.1 Å². The molecule has 2 aromatic carbocycles. The van der Waals surface area contributed by atoms with Gasteiger partial charge >= 0.3 is 0 Å². The molecule has 5 heteroatoms. The van der Waals surface area contributed by atoms with Gasteiger partial charge in [0.1, 0.15) is 0 Å². The average Bonchev–Trinajstić information content (AvgIpc) is 2.64. The molecule has 0 aromatic heterocycles. The second kappa shape index (κ2) is 9.92. The number of nitrogens with one attached hydrogen (secondary N) is 2. The van der Waals surface area contributed by atoms with E-state index in [-0.39, 0.29) is 0 Å². The van der Waals surface area contributed by atoms with Gasteiger partial charge in [-0.1, -0.05) is 37.6 Å². The van der Waals surface area contributed by atoms with Crippen molar-refractivity contribution in [1.29, 1.82) is 0 Å². The van der Waals surface area contributed by atoms with E-state index in [1.165, 1.54) is 29.7 Å². The van der Waals surface area contributed by atoms with Gasteiger partial charge in [-0.25, -0.2) is 0 Å². The lowest BCUT2D eigenvalue weighted by atomic mass is 10.1. The molecule has 0 fully saturated rings. The third kappa shape index (κ3) is 5.85. The third-order valence-electron chi connectivity index (χ3n) is 4.41. The minimum atomic E-state index is 0.478. The van der Waals surface area contributed by atoms with Crippen molar-refractivity contribution in [1.82, 2.24) is 5.43 Å². The van der Waals surface area contributed by atoms with Crippen LogP contribution in [0.5, 0.6) is 0 Å². The number of anilines is 2. The second-order valence-corrected chi connectivity index (χ2v) is 6.85. The molecule has 0 atom stereocenters. The van der Waals surface area contributed by atoms with Crippen LogP contribution in [-0.4, -0.2) is 24.9 Å². The van der Waals surface area contributed by atoms with Crippen LogP contribution in [0.25, 0.3) is 0 Å². The Labute approximate surface area is 162 Å². The van der Waals surface area contributed by atoms with Gasteiger partial charge in [0, 0.05) is 25.0 Å². The van der Waals surface area contributed by atoms with E-state index in [4.69, 9.17) is 12.2 Å². The summed E-state index contributed by atoms with van der Waals surface area (Å²) in [5.74, 6) is 0. The highest BCUT2D eigenvalue weighted by molar-refractivity contribution is 7.80. The number of hydrogen-bond donors (Lipinski definition) is 2. The van der Waals surface area contributed by atoms with Crippen LogP contribution in [0.15, 0.2) is 47.6 Å². The quantitative estimate of drug-likeness (QED) is 0.416. The lowest BCUT2D eigenvalue weighted by molar-refractivity contribution is 0.767. The summed E-state index contributed by atoms with van der Waals surface area (Å²) in [5.41, 5.74) is 8.52. The highest BCUT2D eigenvalue weighted by Gasteiger charge is 2.02. The third-order valence-corrected chi connectivity index (χ3v) is 4.61. The van der Waals surface area contributed by atoms with E-state index >= 15 is 0 Å². The van der Waals surface area contributed by atoms with Gasteiger partial charge in [0.15, 0.2) is 5.11 Å². The number of nitrogens with zero attached hydrogens (tertiary/aromatic N) is 2. The highest BCUT2D eigenvalue weighted by Crippen LogP contribution is 2.17. The lowest BCUT2D eigenvalue weighted by Crippen LogP contribution is -2.24. The zero-order valence-corrected chi connectivity index (χ0v) is 16.9. The summed E-state index contributed by atoms with van der Waals surface area (Å²) in [4.78, 5) is 2.27. The van der Waals surface area contributed by atoms with E-state index in [0.29, 0.717) is 5.11 Å². The Balaban J connectivity index is 1.87. The van der Waals surface area contributed by atoms with Crippen LogP contribution in [0.2, 0.25) is 0 Å². The number of hydrazone groups is 1. The largest absolute Gasteiger partial charge is 0.375 e. The Bertz CT molecular complexity index is 753. The van der Waals surface area contributed by atoms with Gasteiger partial charge < -0.3 is 10.2 Å². The molecule has 0 spiro atoms. The SMILES string of the molecule is CCCCN(C)c1ccc(/C=N\NC(=S)Nc2cccc(C)c2C)cc1. The smallest absolute Gasteiger partial charge is 0.191 e. The van der Waals surface area contributed by atoms with E-state index in [2.05, 4.69) is 78.9 Å². The monoisotopic (exact) mass is 368 g/mol. The summed E-state index contributed by atoms with van der Waals surface area (Å²) in [6.07, 6.45) is 4.18. The summed E-state index contributed by atoms with van der Waals surface area (Å²) in [6, 6.07) is 14.4.